The van der Waals surface area contributed by atoms with E-state index < -0.39 is 6.10 Å². The molecule has 2 heterocycles. The van der Waals surface area contributed by atoms with E-state index in [2.05, 4.69) is 5.10 Å². The van der Waals surface area contributed by atoms with Crippen molar-refractivity contribution in [2.75, 3.05) is 13.1 Å². The summed E-state index contributed by atoms with van der Waals surface area (Å²) >= 11 is 0. The molecule has 1 atom stereocenters. The summed E-state index contributed by atoms with van der Waals surface area (Å²) in [5, 5.41) is 14.5. The number of piperidine rings is 1. The summed E-state index contributed by atoms with van der Waals surface area (Å²) < 4.78 is 14.1. The van der Waals surface area contributed by atoms with E-state index in [1.165, 1.54) is 4.68 Å². The number of amides is 1. The lowest BCUT2D eigenvalue weighted by molar-refractivity contribution is 0.0449. The second-order valence-electron chi connectivity index (χ2n) is 6.12. The van der Waals surface area contributed by atoms with Gasteiger partial charge in [-0.2, -0.15) is 5.10 Å². The average molecular weight is 330 g/mol. The van der Waals surface area contributed by atoms with Gasteiger partial charge in [0.05, 0.1) is 12.3 Å². The smallest absolute Gasteiger partial charge is 0.410 e. The van der Waals surface area contributed by atoms with E-state index in [-0.39, 0.29) is 25.6 Å². The molecule has 0 saturated carbocycles. The predicted molar refractivity (Wildman–Crippen MR) is 89.1 cm³/mol. The van der Waals surface area contributed by atoms with Crippen LogP contribution in [0.2, 0.25) is 0 Å². The van der Waals surface area contributed by atoms with Gasteiger partial charge in [-0.15, -0.1) is 0 Å². The number of benzene rings is 1. The van der Waals surface area contributed by atoms with Crippen LogP contribution in [0.15, 0.2) is 42.7 Å². The maximum absolute atomic E-state index is 12.2. The first kappa shape index (κ1) is 15.2. The van der Waals surface area contributed by atoms with Crippen molar-refractivity contribution in [1.82, 2.24) is 14.7 Å². The number of carbonyl (C=O) groups excluding carboxylic acids is 1. The number of aryl methyl sites for hydroxylation is 1. The summed E-state index contributed by atoms with van der Waals surface area (Å²) in [5.74, 6) is 0.0848. The van der Waals surface area contributed by atoms with E-state index in [1.54, 1.807) is 17.3 Å². The molecule has 24 heavy (non-hydrogen) atoms. The Morgan fingerprint density at radius 1 is 1.42 bits per heavy atom. The monoisotopic (exact) mass is 330 g/mol. The highest BCUT2D eigenvalue weighted by Gasteiger charge is 2.29. The first-order valence-corrected chi connectivity index (χ1v) is 8.12. The number of ether oxygens (including phenoxy) is 1. The van der Waals surface area contributed by atoms with Crippen molar-refractivity contribution < 1.29 is 16.0 Å². The van der Waals surface area contributed by atoms with E-state index in [0.717, 1.165) is 11.1 Å². The topological polar surface area (TPSA) is 67.6 Å². The van der Waals surface area contributed by atoms with E-state index in [4.69, 9.17) is 6.11 Å². The molecule has 2 aromatic rings. The zero-order chi connectivity index (χ0) is 17.6. The van der Waals surface area contributed by atoms with Crippen molar-refractivity contribution in [2.24, 2.45) is 12.9 Å². The summed E-state index contributed by atoms with van der Waals surface area (Å²) in [7, 11) is 0.0401. The van der Waals surface area contributed by atoms with Crippen molar-refractivity contribution in [3.8, 4) is 0 Å². The summed E-state index contributed by atoms with van der Waals surface area (Å²) in [6.45, 7) is 1.42. The first-order valence-electron chi connectivity index (χ1n) is 8.83. The standard InChI is InChI=1S/C18H23N3O3/c1-20-12-16(11-19-20)17(22)15-7-9-21(10-8-15)18(23)24-13-14-5-3-2-4-6-14/h2-6,11-12,15,17,22H,7-10,13H2,1H3/i1D. The van der Waals surface area contributed by atoms with Gasteiger partial charge in [0.25, 0.3) is 0 Å². The first-order chi connectivity index (χ1) is 12.2. The Kier molecular flexibility index (Phi) is 4.74. The Bertz CT molecular complexity index is 684. The molecule has 0 bridgehead atoms. The largest absolute Gasteiger partial charge is 0.445 e. The summed E-state index contributed by atoms with van der Waals surface area (Å²) in [4.78, 5) is 13.9. The highest BCUT2D eigenvalue weighted by Crippen LogP contribution is 2.30. The molecular formula is C18H23N3O3. The molecule has 128 valence electrons. The maximum atomic E-state index is 12.2. The van der Waals surface area contributed by atoms with Crippen molar-refractivity contribution in [2.45, 2.75) is 25.6 Å². The summed E-state index contributed by atoms with van der Waals surface area (Å²) in [6, 6.07) is 9.60. The molecule has 0 radical (unpaired) electrons. The average Bonchev–Trinajstić information content (AvgIpc) is 3.16. The van der Waals surface area contributed by atoms with Crippen molar-refractivity contribution in [1.29, 1.82) is 0 Å². The van der Waals surface area contributed by atoms with Crippen LogP contribution in [0.1, 0.15) is 31.4 Å². The lowest BCUT2D eigenvalue weighted by atomic mass is 9.89. The van der Waals surface area contributed by atoms with Gasteiger partial charge in [0.2, 0.25) is 0 Å². The van der Waals surface area contributed by atoms with Gasteiger partial charge in [0.1, 0.15) is 6.61 Å². The summed E-state index contributed by atoms with van der Waals surface area (Å²) in [5.41, 5.74) is 1.70. The van der Waals surface area contributed by atoms with Crippen molar-refractivity contribution in [3.63, 3.8) is 0 Å². The Morgan fingerprint density at radius 2 is 2.17 bits per heavy atom. The Hall–Kier alpha value is -2.34. The molecule has 6 heteroatoms. The Labute approximate surface area is 143 Å². The number of likely N-dealkylation sites (tertiary alicyclic amines) is 1. The van der Waals surface area contributed by atoms with E-state index >= 15 is 0 Å². The van der Waals surface area contributed by atoms with Gasteiger partial charge in [-0.1, -0.05) is 30.3 Å². The SMILES string of the molecule is [2H]Cn1cc(C(O)C2CCN(C(=O)OCc3ccccc3)CC2)cn1. The van der Waals surface area contributed by atoms with Crippen LogP contribution in [0, 0.1) is 5.92 Å². The molecule has 1 N–H and O–H groups in total. The zero-order valence-corrected chi connectivity index (χ0v) is 13.5. The molecule has 6 nitrogen and oxygen atoms in total. The third-order valence-electron chi connectivity index (χ3n) is 4.44. The quantitative estimate of drug-likeness (QED) is 0.935. The van der Waals surface area contributed by atoms with Crippen molar-refractivity contribution >= 4 is 6.09 Å². The minimum atomic E-state index is -0.609. The van der Waals surface area contributed by atoms with Crippen LogP contribution in [0.3, 0.4) is 0 Å². The van der Waals surface area contributed by atoms with Gasteiger partial charge < -0.3 is 14.7 Å². The lowest BCUT2D eigenvalue weighted by Crippen LogP contribution is -2.40. The fourth-order valence-electron chi connectivity index (χ4n) is 3.01. The number of nitrogens with zero attached hydrogens (tertiary/aromatic N) is 3. The zero-order valence-electron chi connectivity index (χ0n) is 14.5. The van der Waals surface area contributed by atoms with Crippen LogP contribution >= 0.6 is 0 Å². The van der Waals surface area contributed by atoms with Crippen LogP contribution in [-0.4, -0.2) is 39.0 Å². The number of aliphatic hydroxyl groups is 1. The third-order valence-corrected chi connectivity index (χ3v) is 4.44. The molecule has 1 fully saturated rings. The van der Waals surface area contributed by atoms with Crippen molar-refractivity contribution in [3.05, 3.63) is 53.9 Å². The van der Waals surface area contributed by atoms with Gasteiger partial charge >= 0.3 is 6.09 Å². The van der Waals surface area contributed by atoms with Gasteiger partial charge in [-0.3, -0.25) is 4.68 Å². The third kappa shape index (κ3) is 3.94. The molecule has 1 saturated heterocycles. The van der Waals surface area contributed by atoms with Gasteiger partial charge in [0, 0.05) is 33.2 Å². The molecule has 1 unspecified atom stereocenters. The molecule has 1 aliphatic heterocycles. The number of aromatic nitrogens is 2. The molecule has 1 amide bonds. The molecule has 1 aliphatic rings. The minimum Gasteiger partial charge on any atom is -0.445 e. The predicted octanol–water partition coefficient (Wildman–Crippen LogP) is 2.50. The molecule has 0 aliphatic carbocycles. The number of rotatable bonds is 4. The fourth-order valence-corrected chi connectivity index (χ4v) is 3.01. The maximum Gasteiger partial charge on any atom is 0.410 e. The van der Waals surface area contributed by atoms with E-state index in [1.807, 2.05) is 30.3 Å². The highest BCUT2D eigenvalue weighted by atomic mass is 16.6. The van der Waals surface area contributed by atoms with Gasteiger partial charge in [-0.05, 0) is 24.3 Å². The number of carbonyl (C=O) groups is 1. The molecule has 1 aromatic heterocycles. The summed E-state index contributed by atoms with van der Waals surface area (Å²) in [6.07, 6.45) is 3.83. The Balaban J connectivity index is 1.47. The molecular weight excluding hydrogens is 306 g/mol. The lowest BCUT2D eigenvalue weighted by Gasteiger charge is -2.33. The molecule has 0 spiro atoms. The van der Waals surface area contributed by atoms with Crippen LogP contribution in [0.4, 0.5) is 4.79 Å². The van der Waals surface area contributed by atoms with E-state index in [0.29, 0.717) is 25.9 Å². The highest BCUT2D eigenvalue weighted by molar-refractivity contribution is 5.67. The second kappa shape index (κ2) is 7.49. The normalized spacial score (nSPS) is 17.4. The number of aliphatic hydroxyl groups excluding tert-OH is 1. The van der Waals surface area contributed by atoms with Gasteiger partial charge in [-0.25, -0.2) is 4.79 Å². The number of hydrogen-bond donors (Lipinski definition) is 1. The molecule has 3 rings (SSSR count). The Morgan fingerprint density at radius 3 is 2.83 bits per heavy atom. The van der Waals surface area contributed by atoms with Crippen LogP contribution in [0.5, 0.6) is 0 Å². The van der Waals surface area contributed by atoms with Crippen LogP contribution in [-0.2, 0) is 18.4 Å². The molecule has 1 aromatic carbocycles. The second-order valence-corrected chi connectivity index (χ2v) is 6.12. The van der Waals surface area contributed by atoms with Crippen LogP contribution in [0.25, 0.3) is 0 Å². The van der Waals surface area contributed by atoms with Gasteiger partial charge in [0.15, 0.2) is 0 Å². The van der Waals surface area contributed by atoms with E-state index in [9.17, 15) is 9.90 Å². The number of hydrogen-bond acceptors (Lipinski definition) is 4. The van der Waals surface area contributed by atoms with Crippen LogP contribution < -0.4 is 0 Å². The fraction of sp³-hybridized carbons (Fsp3) is 0.444. The minimum absolute atomic E-state index is 0.0401.